The second kappa shape index (κ2) is 7.39. The highest BCUT2D eigenvalue weighted by atomic mass is 79.9. The molecule has 1 nitrogen and oxygen atoms in total. The van der Waals surface area contributed by atoms with Crippen LogP contribution in [-0.2, 0) is 0 Å². The van der Waals surface area contributed by atoms with Crippen molar-refractivity contribution in [3.05, 3.63) is 68.4 Å². The van der Waals surface area contributed by atoms with E-state index in [9.17, 15) is 4.39 Å². The summed E-state index contributed by atoms with van der Waals surface area (Å²) in [5.74, 6) is -0.276. The molecule has 2 rings (SSSR count). The van der Waals surface area contributed by atoms with Gasteiger partial charge >= 0.3 is 0 Å². The van der Waals surface area contributed by atoms with Crippen LogP contribution >= 0.6 is 27.5 Å². The van der Waals surface area contributed by atoms with Crippen LogP contribution in [0.2, 0.25) is 5.02 Å². The van der Waals surface area contributed by atoms with Gasteiger partial charge in [-0.25, -0.2) is 4.39 Å². The van der Waals surface area contributed by atoms with Crippen molar-refractivity contribution in [2.24, 2.45) is 0 Å². The Hall–Kier alpha value is -0.900. The van der Waals surface area contributed by atoms with E-state index < -0.39 is 0 Å². The molecule has 21 heavy (non-hydrogen) atoms. The first-order valence-electron chi connectivity index (χ1n) is 6.97. The predicted octanol–water partition coefficient (Wildman–Crippen LogP) is 5.64. The van der Waals surface area contributed by atoms with Gasteiger partial charge in [-0.1, -0.05) is 52.2 Å². The van der Waals surface area contributed by atoms with Crippen LogP contribution in [0, 0.1) is 12.7 Å². The maximum absolute atomic E-state index is 13.6. The fourth-order valence-corrected chi connectivity index (χ4v) is 3.00. The largest absolute Gasteiger partial charge is 0.306 e. The summed E-state index contributed by atoms with van der Waals surface area (Å²) in [7, 11) is 0. The van der Waals surface area contributed by atoms with Crippen molar-refractivity contribution in [3.63, 3.8) is 0 Å². The minimum absolute atomic E-state index is 0.137. The molecule has 1 unspecified atom stereocenters. The topological polar surface area (TPSA) is 12.0 Å². The Bertz CT molecular complexity index is 579. The van der Waals surface area contributed by atoms with E-state index in [1.54, 1.807) is 6.07 Å². The summed E-state index contributed by atoms with van der Waals surface area (Å²) in [5, 5.41) is 4.02. The van der Waals surface area contributed by atoms with E-state index in [4.69, 9.17) is 11.6 Å². The Morgan fingerprint density at radius 3 is 2.67 bits per heavy atom. The van der Waals surface area contributed by atoms with E-state index in [2.05, 4.69) is 34.2 Å². The third-order valence-corrected chi connectivity index (χ3v) is 4.40. The zero-order valence-electron chi connectivity index (χ0n) is 12.1. The molecule has 2 aromatic carbocycles. The fraction of sp³-hybridized carbons (Fsp3) is 0.294. The van der Waals surface area contributed by atoms with Crippen molar-refractivity contribution in [2.45, 2.75) is 26.3 Å². The van der Waals surface area contributed by atoms with Crippen molar-refractivity contribution in [1.82, 2.24) is 5.32 Å². The summed E-state index contributed by atoms with van der Waals surface area (Å²) in [5.41, 5.74) is 2.98. The summed E-state index contributed by atoms with van der Waals surface area (Å²) in [6.07, 6.45) is 0.993. The molecule has 112 valence electrons. The van der Waals surface area contributed by atoms with Gasteiger partial charge in [0.2, 0.25) is 0 Å². The Morgan fingerprint density at radius 1 is 1.19 bits per heavy atom. The first kappa shape index (κ1) is 16.5. The number of hydrogen-bond donors (Lipinski definition) is 1. The smallest absolute Gasteiger partial charge is 0.123 e. The molecular weight excluding hydrogens is 353 g/mol. The van der Waals surface area contributed by atoms with Gasteiger partial charge in [-0.3, -0.25) is 0 Å². The van der Waals surface area contributed by atoms with Gasteiger partial charge in [0.25, 0.3) is 0 Å². The van der Waals surface area contributed by atoms with E-state index >= 15 is 0 Å². The van der Waals surface area contributed by atoms with Crippen LogP contribution in [-0.4, -0.2) is 6.54 Å². The molecule has 0 bridgehead atoms. The zero-order valence-corrected chi connectivity index (χ0v) is 14.4. The van der Waals surface area contributed by atoms with Crippen molar-refractivity contribution in [2.75, 3.05) is 6.54 Å². The molecule has 2 aromatic rings. The summed E-state index contributed by atoms with van der Waals surface area (Å²) in [6, 6.07) is 10.5. The third-order valence-electron chi connectivity index (χ3n) is 3.33. The molecule has 0 saturated heterocycles. The van der Waals surface area contributed by atoms with Crippen LogP contribution in [0.3, 0.4) is 0 Å². The van der Waals surface area contributed by atoms with Crippen molar-refractivity contribution in [1.29, 1.82) is 0 Å². The van der Waals surface area contributed by atoms with Crippen LogP contribution in [0.4, 0.5) is 4.39 Å². The van der Waals surface area contributed by atoms with Gasteiger partial charge < -0.3 is 5.32 Å². The Morgan fingerprint density at radius 2 is 1.95 bits per heavy atom. The van der Waals surface area contributed by atoms with Crippen molar-refractivity contribution >= 4 is 27.5 Å². The summed E-state index contributed by atoms with van der Waals surface area (Å²) in [6.45, 7) is 4.97. The molecule has 0 heterocycles. The summed E-state index contributed by atoms with van der Waals surface area (Å²) in [4.78, 5) is 0. The molecule has 0 aromatic heterocycles. The average Bonchev–Trinajstić information content (AvgIpc) is 2.46. The van der Waals surface area contributed by atoms with Gasteiger partial charge in [0, 0.05) is 9.50 Å². The number of halogens is 3. The van der Waals surface area contributed by atoms with Crippen molar-refractivity contribution < 1.29 is 4.39 Å². The maximum atomic E-state index is 13.6. The Labute approximate surface area is 138 Å². The summed E-state index contributed by atoms with van der Waals surface area (Å²) < 4.78 is 14.6. The molecular formula is C17H18BrClFN. The lowest BCUT2D eigenvalue weighted by atomic mass is 9.97. The third kappa shape index (κ3) is 4.06. The minimum atomic E-state index is -0.276. The monoisotopic (exact) mass is 369 g/mol. The van der Waals surface area contributed by atoms with Crippen LogP contribution in [0.5, 0.6) is 0 Å². The van der Waals surface area contributed by atoms with E-state index in [0.717, 1.165) is 34.1 Å². The van der Waals surface area contributed by atoms with Crippen LogP contribution < -0.4 is 5.32 Å². The molecule has 0 aliphatic rings. The number of nitrogens with one attached hydrogen (secondary N) is 1. The van der Waals surface area contributed by atoms with E-state index in [1.165, 1.54) is 12.1 Å². The Kier molecular flexibility index (Phi) is 5.80. The second-order valence-corrected chi connectivity index (χ2v) is 6.34. The van der Waals surface area contributed by atoms with Crippen molar-refractivity contribution in [3.8, 4) is 0 Å². The van der Waals surface area contributed by atoms with Gasteiger partial charge in [0.05, 0.1) is 6.04 Å². The highest BCUT2D eigenvalue weighted by Crippen LogP contribution is 2.33. The van der Waals surface area contributed by atoms with Gasteiger partial charge in [-0.2, -0.15) is 0 Å². The number of rotatable bonds is 5. The highest BCUT2D eigenvalue weighted by molar-refractivity contribution is 9.10. The molecule has 0 aliphatic carbocycles. The van der Waals surface area contributed by atoms with E-state index in [-0.39, 0.29) is 11.9 Å². The fourth-order valence-electron chi connectivity index (χ4n) is 2.30. The molecule has 0 radical (unpaired) electrons. The highest BCUT2D eigenvalue weighted by Gasteiger charge is 2.19. The number of benzene rings is 2. The van der Waals surface area contributed by atoms with Gasteiger partial charge in [-0.15, -0.1) is 0 Å². The Balaban J connectivity index is 2.52. The first-order valence-corrected chi connectivity index (χ1v) is 8.14. The molecule has 1 atom stereocenters. The lowest BCUT2D eigenvalue weighted by Gasteiger charge is -2.22. The first-order chi connectivity index (χ1) is 10.0. The van der Waals surface area contributed by atoms with Gasteiger partial charge in [0.15, 0.2) is 0 Å². The molecule has 0 saturated carbocycles. The van der Waals surface area contributed by atoms with E-state index in [0.29, 0.717) is 5.02 Å². The zero-order chi connectivity index (χ0) is 15.4. The average molecular weight is 371 g/mol. The van der Waals surface area contributed by atoms with Gasteiger partial charge in [-0.05, 0) is 55.3 Å². The molecule has 0 fully saturated rings. The maximum Gasteiger partial charge on any atom is 0.123 e. The number of hydrogen-bond acceptors (Lipinski definition) is 1. The second-order valence-electron chi connectivity index (χ2n) is 5.08. The molecule has 0 spiro atoms. The molecule has 0 aliphatic heterocycles. The van der Waals surface area contributed by atoms with E-state index in [1.807, 2.05) is 19.1 Å². The van der Waals surface area contributed by atoms with Crippen LogP contribution in [0.1, 0.15) is 36.1 Å². The SMILES string of the molecule is CCCNC(c1cc(F)ccc1Cl)c1cc(C)ccc1Br. The molecule has 0 amide bonds. The standard InChI is InChI=1S/C17H18BrClFN/c1-3-8-21-17(13-9-11(2)4-6-15(13)18)14-10-12(20)5-7-16(14)19/h4-7,9-10,17,21H,3,8H2,1-2H3. The normalized spacial score (nSPS) is 12.4. The van der Waals surface area contributed by atoms with Crippen LogP contribution in [0.15, 0.2) is 40.9 Å². The lowest BCUT2D eigenvalue weighted by molar-refractivity contribution is 0.584. The summed E-state index contributed by atoms with van der Waals surface area (Å²) >= 11 is 9.88. The quantitative estimate of drug-likeness (QED) is 0.718. The minimum Gasteiger partial charge on any atom is -0.306 e. The number of aryl methyl sites for hydroxylation is 1. The lowest BCUT2D eigenvalue weighted by Crippen LogP contribution is -2.24. The molecule has 4 heteroatoms. The van der Waals surface area contributed by atoms with Crippen LogP contribution in [0.25, 0.3) is 0 Å². The predicted molar refractivity (Wildman–Crippen MR) is 90.4 cm³/mol. The van der Waals surface area contributed by atoms with Gasteiger partial charge in [0.1, 0.15) is 5.82 Å². The molecule has 1 N–H and O–H groups in total.